The Balaban J connectivity index is 0.00000180. The van der Waals surface area contributed by atoms with Crippen molar-refractivity contribution in [1.29, 1.82) is 0 Å². The summed E-state index contributed by atoms with van der Waals surface area (Å²) in [4.78, 5) is 13.7. The molecule has 1 aromatic rings. The second-order valence-electron chi connectivity index (χ2n) is 4.69. The van der Waals surface area contributed by atoms with E-state index in [1.807, 2.05) is 19.1 Å². The Morgan fingerprint density at radius 3 is 2.89 bits per heavy atom. The van der Waals surface area contributed by atoms with Crippen LogP contribution in [-0.4, -0.2) is 43.7 Å². The van der Waals surface area contributed by atoms with Gasteiger partial charge in [-0.25, -0.2) is 0 Å². The Morgan fingerprint density at radius 1 is 1.53 bits per heavy atom. The van der Waals surface area contributed by atoms with Crippen LogP contribution in [0.25, 0.3) is 0 Å². The second-order valence-corrected chi connectivity index (χ2v) is 4.69. The molecule has 5 nitrogen and oxygen atoms in total. The number of carbonyl (C=O) groups excluding carboxylic acids is 1. The Kier molecular flexibility index (Phi) is 6.34. The molecule has 1 aromatic heterocycles. The van der Waals surface area contributed by atoms with Crippen LogP contribution < -0.4 is 5.32 Å². The highest BCUT2D eigenvalue weighted by Crippen LogP contribution is 2.10. The van der Waals surface area contributed by atoms with Crippen LogP contribution >= 0.6 is 12.4 Å². The number of hydrogen-bond donors (Lipinski definition) is 1. The van der Waals surface area contributed by atoms with Crippen molar-refractivity contribution in [3.05, 3.63) is 23.7 Å². The molecule has 1 aliphatic heterocycles. The molecule has 0 spiro atoms. The fourth-order valence-corrected chi connectivity index (χ4v) is 2.01. The molecule has 6 heteroatoms. The summed E-state index contributed by atoms with van der Waals surface area (Å²) in [6, 6.07) is 3.94. The number of amides is 1. The summed E-state index contributed by atoms with van der Waals surface area (Å²) in [5.41, 5.74) is 0. The van der Waals surface area contributed by atoms with Crippen LogP contribution in [0, 0.1) is 6.92 Å². The maximum Gasteiger partial charge on any atom is 0.224 e. The van der Waals surface area contributed by atoms with Crippen molar-refractivity contribution >= 4 is 18.3 Å². The van der Waals surface area contributed by atoms with E-state index in [-0.39, 0.29) is 24.4 Å². The fourth-order valence-electron chi connectivity index (χ4n) is 2.01. The zero-order valence-corrected chi connectivity index (χ0v) is 12.2. The standard InChI is InChI=1S/C13H20N2O3.ClH/c1-10-3-4-12(18-10)8-15(2)13(16)7-11-9-17-6-5-14-11;/h3-4,11,14H,5-9H2,1-2H3;1H. The third-order valence-corrected chi connectivity index (χ3v) is 3.03. The molecule has 19 heavy (non-hydrogen) atoms. The first-order valence-electron chi connectivity index (χ1n) is 6.25. The van der Waals surface area contributed by atoms with Gasteiger partial charge in [-0.1, -0.05) is 0 Å². The van der Waals surface area contributed by atoms with Gasteiger partial charge in [0.05, 0.1) is 19.8 Å². The summed E-state index contributed by atoms with van der Waals surface area (Å²) in [6.45, 7) is 4.57. The molecule has 2 heterocycles. The zero-order valence-electron chi connectivity index (χ0n) is 11.3. The topological polar surface area (TPSA) is 54.7 Å². The van der Waals surface area contributed by atoms with E-state index in [0.29, 0.717) is 19.6 Å². The number of furan rings is 1. The van der Waals surface area contributed by atoms with Gasteiger partial charge >= 0.3 is 0 Å². The van der Waals surface area contributed by atoms with Gasteiger partial charge in [0.25, 0.3) is 0 Å². The van der Waals surface area contributed by atoms with Gasteiger partial charge < -0.3 is 19.4 Å². The van der Waals surface area contributed by atoms with Crippen molar-refractivity contribution in [2.45, 2.75) is 25.9 Å². The molecule has 1 atom stereocenters. The monoisotopic (exact) mass is 288 g/mol. The molecule has 2 rings (SSSR count). The van der Waals surface area contributed by atoms with E-state index in [4.69, 9.17) is 9.15 Å². The third-order valence-electron chi connectivity index (χ3n) is 3.03. The van der Waals surface area contributed by atoms with E-state index in [9.17, 15) is 4.79 Å². The fraction of sp³-hybridized carbons (Fsp3) is 0.615. The van der Waals surface area contributed by atoms with E-state index >= 15 is 0 Å². The summed E-state index contributed by atoms with van der Waals surface area (Å²) in [7, 11) is 1.80. The van der Waals surface area contributed by atoms with E-state index in [1.165, 1.54) is 0 Å². The summed E-state index contributed by atoms with van der Waals surface area (Å²) in [5, 5.41) is 3.28. The van der Waals surface area contributed by atoms with Crippen LogP contribution in [0.2, 0.25) is 0 Å². The molecule has 1 N–H and O–H groups in total. The summed E-state index contributed by atoms with van der Waals surface area (Å²) in [5.74, 6) is 1.79. The summed E-state index contributed by atoms with van der Waals surface area (Å²) < 4.78 is 10.8. The lowest BCUT2D eigenvalue weighted by Gasteiger charge is -2.25. The smallest absolute Gasteiger partial charge is 0.224 e. The molecule has 1 unspecified atom stereocenters. The number of aryl methyl sites for hydroxylation is 1. The van der Waals surface area contributed by atoms with E-state index in [2.05, 4.69) is 5.32 Å². The first-order valence-corrected chi connectivity index (χ1v) is 6.25. The van der Waals surface area contributed by atoms with Gasteiger partial charge in [-0.05, 0) is 19.1 Å². The lowest BCUT2D eigenvalue weighted by molar-refractivity contribution is -0.131. The van der Waals surface area contributed by atoms with Crippen molar-refractivity contribution < 1.29 is 13.9 Å². The van der Waals surface area contributed by atoms with Crippen LogP contribution in [-0.2, 0) is 16.1 Å². The minimum atomic E-state index is 0. The van der Waals surface area contributed by atoms with Crippen LogP contribution in [0.3, 0.4) is 0 Å². The molecular formula is C13H21ClN2O3. The highest BCUT2D eigenvalue weighted by atomic mass is 35.5. The van der Waals surface area contributed by atoms with Crippen molar-refractivity contribution in [1.82, 2.24) is 10.2 Å². The van der Waals surface area contributed by atoms with Crippen molar-refractivity contribution in [3.63, 3.8) is 0 Å². The molecule has 1 saturated heterocycles. The molecule has 1 fully saturated rings. The largest absolute Gasteiger partial charge is 0.464 e. The van der Waals surface area contributed by atoms with Gasteiger partial charge in [0, 0.05) is 26.1 Å². The average Bonchev–Trinajstić information content (AvgIpc) is 2.76. The van der Waals surface area contributed by atoms with Crippen molar-refractivity contribution in [2.24, 2.45) is 0 Å². The molecule has 0 saturated carbocycles. The predicted octanol–water partition coefficient (Wildman–Crippen LogP) is 1.35. The summed E-state index contributed by atoms with van der Waals surface area (Å²) >= 11 is 0. The normalized spacial score (nSPS) is 18.7. The second kappa shape index (κ2) is 7.53. The molecule has 0 aromatic carbocycles. The third kappa shape index (κ3) is 4.86. The molecule has 1 aliphatic rings. The Hall–Kier alpha value is -1.04. The maximum absolute atomic E-state index is 12.0. The van der Waals surface area contributed by atoms with Crippen molar-refractivity contribution in [2.75, 3.05) is 26.8 Å². The number of morpholine rings is 1. The molecule has 1 amide bonds. The Bertz CT molecular complexity index is 402. The number of halogens is 1. The van der Waals surface area contributed by atoms with Crippen LogP contribution in [0.5, 0.6) is 0 Å². The number of nitrogens with one attached hydrogen (secondary N) is 1. The van der Waals surface area contributed by atoms with Gasteiger partial charge in [0.2, 0.25) is 5.91 Å². The van der Waals surface area contributed by atoms with Crippen LogP contribution in [0.15, 0.2) is 16.5 Å². The maximum atomic E-state index is 12.0. The Labute approximate surface area is 119 Å². The molecule has 0 aliphatic carbocycles. The van der Waals surface area contributed by atoms with E-state index in [0.717, 1.165) is 24.7 Å². The van der Waals surface area contributed by atoms with Gasteiger partial charge in [0.15, 0.2) is 0 Å². The lowest BCUT2D eigenvalue weighted by Crippen LogP contribution is -2.44. The number of nitrogens with zero attached hydrogens (tertiary/aromatic N) is 1. The molecular weight excluding hydrogens is 268 g/mol. The van der Waals surface area contributed by atoms with Crippen molar-refractivity contribution in [3.8, 4) is 0 Å². The predicted molar refractivity (Wildman–Crippen MR) is 74.4 cm³/mol. The minimum Gasteiger partial charge on any atom is -0.464 e. The highest BCUT2D eigenvalue weighted by Gasteiger charge is 2.19. The minimum absolute atomic E-state index is 0. The molecule has 0 radical (unpaired) electrons. The number of rotatable bonds is 4. The van der Waals surface area contributed by atoms with Gasteiger partial charge in [-0.2, -0.15) is 0 Å². The van der Waals surface area contributed by atoms with Gasteiger partial charge in [-0.3, -0.25) is 4.79 Å². The Morgan fingerprint density at radius 2 is 2.32 bits per heavy atom. The first-order chi connectivity index (χ1) is 8.65. The lowest BCUT2D eigenvalue weighted by atomic mass is 10.2. The first kappa shape index (κ1) is 16.0. The molecule has 108 valence electrons. The van der Waals surface area contributed by atoms with Gasteiger partial charge in [-0.15, -0.1) is 12.4 Å². The van der Waals surface area contributed by atoms with E-state index in [1.54, 1.807) is 11.9 Å². The average molecular weight is 289 g/mol. The molecule has 0 bridgehead atoms. The zero-order chi connectivity index (χ0) is 13.0. The number of ether oxygens (including phenoxy) is 1. The van der Waals surface area contributed by atoms with Gasteiger partial charge in [0.1, 0.15) is 11.5 Å². The summed E-state index contributed by atoms with van der Waals surface area (Å²) in [6.07, 6.45) is 0.468. The number of hydrogen-bond acceptors (Lipinski definition) is 4. The SMILES string of the molecule is Cc1ccc(CN(C)C(=O)CC2COCCN2)o1.Cl. The highest BCUT2D eigenvalue weighted by molar-refractivity contribution is 5.85. The van der Waals surface area contributed by atoms with E-state index < -0.39 is 0 Å². The van der Waals surface area contributed by atoms with Crippen LogP contribution in [0.1, 0.15) is 17.9 Å². The quantitative estimate of drug-likeness (QED) is 0.909. The van der Waals surface area contributed by atoms with Crippen LogP contribution in [0.4, 0.5) is 0 Å². The number of carbonyl (C=O) groups is 1.